The lowest BCUT2D eigenvalue weighted by atomic mass is 10.1. The molecule has 8 nitrogen and oxygen atoms in total. The van der Waals surface area contributed by atoms with Crippen molar-refractivity contribution < 1.29 is 14.3 Å². The van der Waals surface area contributed by atoms with E-state index in [1.54, 1.807) is 11.1 Å². The van der Waals surface area contributed by atoms with Crippen LogP contribution in [0.2, 0.25) is 0 Å². The monoisotopic (exact) mass is 437 g/mol. The van der Waals surface area contributed by atoms with Crippen LogP contribution in [-0.4, -0.2) is 85.1 Å². The highest BCUT2D eigenvalue weighted by atomic mass is 16.5. The number of anilines is 1. The van der Waals surface area contributed by atoms with Crippen LogP contribution in [0, 0.1) is 6.92 Å². The van der Waals surface area contributed by atoms with E-state index < -0.39 is 0 Å². The Morgan fingerprint density at radius 1 is 1.09 bits per heavy atom. The maximum Gasteiger partial charge on any atom is 0.257 e. The highest BCUT2D eigenvalue weighted by Gasteiger charge is 2.30. The van der Waals surface area contributed by atoms with E-state index in [9.17, 15) is 9.59 Å². The van der Waals surface area contributed by atoms with Crippen LogP contribution in [0.1, 0.15) is 39.8 Å². The Kier molecular flexibility index (Phi) is 6.69. The number of hydrogen-bond donors (Lipinski definition) is 0. The normalized spacial score (nSPS) is 18.7. The second kappa shape index (κ2) is 9.65. The molecular weight excluding hydrogens is 406 g/mol. The summed E-state index contributed by atoms with van der Waals surface area (Å²) in [6, 6.07) is 8.09. The quantitative estimate of drug-likeness (QED) is 0.711. The van der Waals surface area contributed by atoms with Gasteiger partial charge in [-0.25, -0.2) is 9.97 Å². The first-order valence-electron chi connectivity index (χ1n) is 11.2. The number of ether oxygens (including phenoxy) is 1. The van der Waals surface area contributed by atoms with Gasteiger partial charge in [0.05, 0.1) is 30.9 Å². The summed E-state index contributed by atoms with van der Waals surface area (Å²) < 4.78 is 5.32. The summed E-state index contributed by atoms with van der Waals surface area (Å²) in [5, 5.41) is 0. The van der Waals surface area contributed by atoms with Gasteiger partial charge in [0.25, 0.3) is 5.91 Å². The Balaban J connectivity index is 1.36. The number of hydrogen-bond acceptors (Lipinski definition) is 6. The fraction of sp³-hybridized carbons (Fsp3) is 0.500. The summed E-state index contributed by atoms with van der Waals surface area (Å²) in [5.41, 5.74) is 3.37. The maximum atomic E-state index is 12.8. The molecule has 1 aromatic carbocycles. The molecule has 3 heterocycles. The van der Waals surface area contributed by atoms with E-state index in [4.69, 9.17) is 4.74 Å². The van der Waals surface area contributed by atoms with Crippen molar-refractivity contribution in [1.29, 1.82) is 0 Å². The first-order valence-corrected chi connectivity index (χ1v) is 11.2. The average molecular weight is 438 g/mol. The molecular formula is C24H31N5O3. The van der Waals surface area contributed by atoms with Crippen LogP contribution in [0.5, 0.6) is 0 Å². The standard InChI is InChI=1S/C24H31N5O3/c1-17-21(24(31)28-10-12-32-13-11-28)15-25-23(26-17)19-8-9-29(16-19)22(30)14-18-4-6-20(7-5-18)27(2)3/h4-7,15,19H,8-14,16H2,1-3H3. The largest absolute Gasteiger partial charge is 0.378 e. The van der Waals surface area contributed by atoms with E-state index in [1.807, 2.05) is 55.1 Å². The number of benzene rings is 1. The summed E-state index contributed by atoms with van der Waals surface area (Å²) in [6.45, 7) is 5.50. The van der Waals surface area contributed by atoms with Crippen molar-refractivity contribution >= 4 is 17.5 Å². The van der Waals surface area contributed by atoms with Crippen LogP contribution in [-0.2, 0) is 16.0 Å². The van der Waals surface area contributed by atoms with Crippen molar-refractivity contribution in [2.75, 3.05) is 58.4 Å². The molecule has 2 aliphatic heterocycles. The predicted octanol–water partition coefficient (Wildman–Crippen LogP) is 1.88. The molecule has 4 rings (SSSR count). The molecule has 2 fully saturated rings. The molecule has 32 heavy (non-hydrogen) atoms. The number of aryl methyl sites for hydroxylation is 1. The van der Waals surface area contributed by atoms with Gasteiger partial charge in [-0.15, -0.1) is 0 Å². The Morgan fingerprint density at radius 3 is 2.47 bits per heavy atom. The zero-order valence-corrected chi connectivity index (χ0v) is 19.1. The minimum Gasteiger partial charge on any atom is -0.378 e. The molecule has 0 spiro atoms. The third kappa shape index (κ3) is 4.91. The summed E-state index contributed by atoms with van der Waals surface area (Å²) in [6.07, 6.45) is 2.88. The lowest BCUT2D eigenvalue weighted by Crippen LogP contribution is -2.41. The van der Waals surface area contributed by atoms with Crippen molar-refractivity contribution in [2.45, 2.75) is 25.7 Å². The molecule has 2 aliphatic rings. The Bertz CT molecular complexity index is 970. The van der Waals surface area contributed by atoms with Crippen molar-refractivity contribution in [2.24, 2.45) is 0 Å². The van der Waals surface area contributed by atoms with Crippen LogP contribution in [0.4, 0.5) is 5.69 Å². The molecule has 2 amide bonds. The van der Waals surface area contributed by atoms with Gasteiger partial charge in [-0.05, 0) is 31.0 Å². The van der Waals surface area contributed by atoms with Gasteiger partial charge >= 0.3 is 0 Å². The smallest absolute Gasteiger partial charge is 0.257 e. The van der Waals surface area contributed by atoms with Crippen LogP contribution in [0.3, 0.4) is 0 Å². The van der Waals surface area contributed by atoms with Crippen molar-refractivity contribution in [1.82, 2.24) is 19.8 Å². The number of amides is 2. The lowest BCUT2D eigenvalue weighted by molar-refractivity contribution is -0.129. The number of carbonyl (C=O) groups is 2. The lowest BCUT2D eigenvalue weighted by Gasteiger charge is -2.27. The minimum atomic E-state index is -0.0409. The molecule has 0 saturated carbocycles. The molecule has 8 heteroatoms. The van der Waals surface area contributed by atoms with Gasteiger partial charge in [-0.1, -0.05) is 12.1 Å². The van der Waals surface area contributed by atoms with Gasteiger partial charge in [0.1, 0.15) is 5.82 Å². The zero-order valence-electron chi connectivity index (χ0n) is 19.1. The third-order valence-corrected chi connectivity index (χ3v) is 6.24. The highest BCUT2D eigenvalue weighted by Crippen LogP contribution is 2.26. The fourth-order valence-corrected chi connectivity index (χ4v) is 4.22. The predicted molar refractivity (Wildman–Crippen MR) is 122 cm³/mol. The molecule has 1 atom stereocenters. The summed E-state index contributed by atoms with van der Waals surface area (Å²) >= 11 is 0. The number of nitrogens with zero attached hydrogens (tertiary/aromatic N) is 5. The van der Waals surface area contributed by atoms with Gasteiger partial charge in [0.15, 0.2) is 0 Å². The number of aromatic nitrogens is 2. The fourth-order valence-electron chi connectivity index (χ4n) is 4.22. The van der Waals surface area contributed by atoms with E-state index in [2.05, 4.69) is 9.97 Å². The summed E-state index contributed by atoms with van der Waals surface area (Å²) in [5.74, 6) is 0.898. The molecule has 1 unspecified atom stereocenters. The Morgan fingerprint density at radius 2 is 1.81 bits per heavy atom. The number of carbonyl (C=O) groups excluding carboxylic acids is 2. The first-order chi connectivity index (χ1) is 15.4. The molecule has 0 bridgehead atoms. The Labute approximate surface area is 189 Å². The van der Waals surface area contributed by atoms with E-state index in [0.29, 0.717) is 62.9 Å². The van der Waals surface area contributed by atoms with Gasteiger partial charge in [0, 0.05) is 58.1 Å². The zero-order chi connectivity index (χ0) is 22.7. The minimum absolute atomic E-state index is 0.0409. The SMILES string of the molecule is Cc1nc(C2CCN(C(=O)Cc3ccc(N(C)C)cc3)C2)ncc1C(=O)N1CCOCC1. The number of likely N-dealkylation sites (tertiary alicyclic amines) is 1. The second-order valence-corrected chi connectivity index (χ2v) is 8.69. The molecule has 170 valence electrons. The van der Waals surface area contributed by atoms with Gasteiger partial charge in [-0.2, -0.15) is 0 Å². The van der Waals surface area contributed by atoms with E-state index in [-0.39, 0.29) is 17.7 Å². The summed E-state index contributed by atoms with van der Waals surface area (Å²) in [4.78, 5) is 40.4. The Hall–Kier alpha value is -3.00. The van der Waals surface area contributed by atoms with Gasteiger partial charge in [-0.3, -0.25) is 9.59 Å². The molecule has 2 aromatic rings. The van der Waals surface area contributed by atoms with E-state index in [0.717, 1.165) is 17.7 Å². The first kappa shape index (κ1) is 22.2. The van der Waals surface area contributed by atoms with Gasteiger partial charge < -0.3 is 19.4 Å². The van der Waals surface area contributed by atoms with Crippen molar-refractivity contribution in [3.8, 4) is 0 Å². The highest BCUT2D eigenvalue weighted by molar-refractivity contribution is 5.95. The average Bonchev–Trinajstić information content (AvgIpc) is 3.30. The molecule has 0 N–H and O–H groups in total. The van der Waals surface area contributed by atoms with Crippen LogP contribution in [0.25, 0.3) is 0 Å². The van der Waals surface area contributed by atoms with Crippen LogP contribution >= 0.6 is 0 Å². The molecule has 0 radical (unpaired) electrons. The molecule has 1 aromatic heterocycles. The topological polar surface area (TPSA) is 78.9 Å². The van der Waals surface area contributed by atoms with Crippen LogP contribution < -0.4 is 4.90 Å². The van der Waals surface area contributed by atoms with Crippen LogP contribution in [0.15, 0.2) is 30.5 Å². The van der Waals surface area contributed by atoms with Gasteiger partial charge in [0.2, 0.25) is 5.91 Å². The van der Waals surface area contributed by atoms with Crippen molar-refractivity contribution in [3.05, 3.63) is 53.1 Å². The number of morpholine rings is 1. The van der Waals surface area contributed by atoms with Crippen molar-refractivity contribution in [3.63, 3.8) is 0 Å². The second-order valence-electron chi connectivity index (χ2n) is 8.69. The number of rotatable bonds is 5. The summed E-state index contributed by atoms with van der Waals surface area (Å²) in [7, 11) is 4.00. The molecule has 2 saturated heterocycles. The maximum absolute atomic E-state index is 12.8. The van der Waals surface area contributed by atoms with E-state index in [1.165, 1.54) is 0 Å². The third-order valence-electron chi connectivity index (χ3n) is 6.24. The molecule has 0 aliphatic carbocycles. The van der Waals surface area contributed by atoms with E-state index >= 15 is 0 Å².